The number of aromatic nitrogens is 1. The van der Waals surface area contributed by atoms with Crippen LogP contribution in [0.3, 0.4) is 0 Å². The van der Waals surface area contributed by atoms with E-state index in [0.717, 1.165) is 15.2 Å². The van der Waals surface area contributed by atoms with Crippen LogP contribution in [0.25, 0.3) is 16.3 Å². The molecule has 1 heterocycles. The highest BCUT2D eigenvalue weighted by atomic mass is 32.1. The number of nitrogens with zero attached hydrogens (tertiary/aromatic N) is 1. The summed E-state index contributed by atoms with van der Waals surface area (Å²) in [6.07, 6.45) is 2.91. The van der Waals surface area contributed by atoms with Crippen LogP contribution in [-0.4, -0.2) is 11.0 Å². The van der Waals surface area contributed by atoms with Crippen molar-refractivity contribution in [3.05, 3.63) is 71.0 Å². The maximum absolute atomic E-state index is 13.4. The average molecular weight is 313 g/mol. The van der Waals surface area contributed by atoms with E-state index in [0.29, 0.717) is 5.56 Å². The van der Waals surface area contributed by atoms with Crippen molar-refractivity contribution in [3.8, 4) is 0 Å². The largest absolute Gasteiger partial charge is 0.458 e. The lowest BCUT2D eigenvalue weighted by atomic mass is 10.2. The maximum Gasteiger partial charge on any atom is 0.331 e. The molecule has 0 amide bonds. The van der Waals surface area contributed by atoms with Crippen LogP contribution in [0.15, 0.2) is 54.6 Å². The van der Waals surface area contributed by atoms with Gasteiger partial charge in [0.15, 0.2) is 0 Å². The van der Waals surface area contributed by atoms with Crippen molar-refractivity contribution in [2.24, 2.45) is 0 Å². The Morgan fingerprint density at radius 2 is 1.95 bits per heavy atom. The quantitative estimate of drug-likeness (QED) is 0.535. The summed E-state index contributed by atoms with van der Waals surface area (Å²) in [4.78, 5) is 16.0. The predicted molar refractivity (Wildman–Crippen MR) is 84.9 cm³/mol. The maximum atomic E-state index is 13.4. The van der Waals surface area contributed by atoms with E-state index in [1.165, 1.54) is 23.5 Å². The molecule has 0 bridgehead atoms. The van der Waals surface area contributed by atoms with Gasteiger partial charge in [0.25, 0.3) is 0 Å². The Bertz CT molecular complexity index is 808. The van der Waals surface area contributed by atoms with E-state index in [4.69, 9.17) is 4.74 Å². The number of carbonyl (C=O) groups is 1. The fraction of sp³-hybridized carbons (Fsp3) is 0.0588. The Morgan fingerprint density at radius 3 is 2.77 bits per heavy atom. The van der Waals surface area contributed by atoms with E-state index in [2.05, 4.69) is 4.98 Å². The van der Waals surface area contributed by atoms with Gasteiger partial charge in [0.2, 0.25) is 0 Å². The second-order valence-electron chi connectivity index (χ2n) is 4.55. The van der Waals surface area contributed by atoms with E-state index in [1.807, 2.05) is 24.3 Å². The summed E-state index contributed by atoms with van der Waals surface area (Å²) in [5.41, 5.74) is 1.25. The van der Waals surface area contributed by atoms with Crippen molar-refractivity contribution >= 4 is 33.6 Å². The second-order valence-corrected chi connectivity index (χ2v) is 5.61. The standard InChI is InChI=1S/C17H12FNO2S/c18-13-6-2-1-5-12(13)11-21-17(20)10-9-16-19-14-7-3-4-8-15(14)22-16/h1-10H,11H2. The lowest BCUT2D eigenvalue weighted by molar-refractivity contribution is -0.138. The molecule has 110 valence electrons. The summed E-state index contributed by atoms with van der Waals surface area (Å²) in [5.74, 6) is -0.909. The minimum absolute atomic E-state index is 0.0876. The van der Waals surface area contributed by atoms with Gasteiger partial charge in [-0.05, 0) is 24.3 Å². The van der Waals surface area contributed by atoms with Crippen molar-refractivity contribution in [3.63, 3.8) is 0 Å². The second kappa shape index (κ2) is 6.49. The predicted octanol–water partition coefficient (Wildman–Crippen LogP) is 4.19. The SMILES string of the molecule is O=C(C=Cc1nc2ccccc2s1)OCc1ccccc1F. The fourth-order valence-corrected chi connectivity index (χ4v) is 2.78. The molecule has 0 fully saturated rings. The van der Waals surface area contributed by atoms with Gasteiger partial charge in [0.05, 0.1) is 10.2 Å². The molecule has 3 rings (SSSR count). The summed E-state index contributed by atoms with van der Waals surface area (Å²) < 4.78 is 19.5. The summed E-state index contributed by atoms with van der Waals surface area (Å²) in [6.45, 7) is -0.0876. The van der Waals surface area contributed by atoms with Crippen molar-refractivity contribution < 1.29 is 13.9 Å². The van der Waals surface area contributed by atoms with Crippen LogP contribution in [-0.2, 0) is 16.1 Å². The molecule has 0 spiro atoms. The molecular formula is C17H12FNO2S. The normalized spacial score (nSPS) is 11.1. The molecule has 0 saturated carbocycles. The molecule has 22 heavy (non-hydrogen) atoms. The van der Waals surface area contributed by atoms with E-state index < -0.39 is 5.97 Å². The first kappa shape index (κ1) is 14.4. The number of thiazole rings is 1. The van der Waals surface area contributed by atoms with Crippen molar-refractivity contribution in [2.45, 2.75) is 6.61 Å². The Balaban J connectivity index is 1.62. The number of rotatable bonds is 4. The number of benzene rings is 2. The number of carbonyl (C=O) groups excluding carboxylic acids is 1. The molecule has 0 N–H and O–H groups in total. The monoisotopic (exact) mass is 313 g/mol. The van der Waals surface area contributed by atoms with Gasteiger partial charge in [-0.2, -0.15) is 0 Å². The van der Waals surface area contributed by atoms with Gasteiger partial charge in [0, 0.05) is 11.6 Å². The number of halogens is 1. The number of para-hydroxylation sites is 1. The topological polar surface area (TPSA) is 39.2 Å². The van der Waals surface area contributed by atoms with Crippen LogP contribution >= 0.6 is 11.3 Å². The molecule has 0 aliphatic carbocycles. The lowest BCUT2D eigenvalue weighted by Gasteiger charge is -2.02. The summed E-state index contributed by atoms with van der Waals surface area (Å²) in [5, 5.41) is 0.726. The zero-order chi connectivity index (χ0) is 15.4. The summed E-state index contributed by atoms with van der Waals surface area (Å²) in [7, 11) is 0. The van der Waals surface area contributed by atoms with Crippen molar-refractivity contribution in [2.75, 3.05) is 0 Å². The molecule has 3 aromatic rings. The van der Waals surface area contributed by atoms with Crippen molar-refractivity contribution in [1.29, 1.82) is 0 Å². The highest BCUT2D eigenvalue weighted by Crippen LogP contribution is 2.22. The highest BCUT2D eigenvalue weighted by Gasteiger charge is 2.04. The van der Waals surface area contributed by atoms with Gasteiger partial charge in [-0.25, -0.2) is 14.2 Å². The van der Waals surface area contributed by atoms with Crippen LogP contribution in [0.4, 0.5) is 4.39 Å². The van der Waals surface area contributed by atoms with Gasteiger partial charge >= 0.3 is 5.97 Å². The Labute approximate surface area is 130 Å². The molecule has 0 aliphatic rings. The number of esters is 1. The van der Waals surface area contributed by atoms with E-state index in [1.54, 1.807) is 24.3 Å². The van der Waals surface area contributed by atoms with Gasteiger partial charge in [-0.3, -0.25) is 0 Å². The van der Waals surface area contributed by atoms with Crippen LogP contribution in [0.1, 0.15) is 10.6 Å². The molecule has 1 aromatic heterocycles. The van der Waals surface area contributed by atoms with E-state index in [-0.39, 0.29) is 12.4 Å². The van der Waals surface area contributed by atoms with E-state index in [9.17, 15) is 9.18 Å². The van der Waals surface area contributed by atoms with E-state index >= 15 is 0 Å². The molecule has 2 aromatic carbocycles. The minimum atomic E-state index is -0.525. The average Bonchev–Trinajstić information content (AvgIpc) is 2.95. The van der Waals surface area contributed by atoms with Gasteiger partial charge in [-0.1, -0.05) is 30.3 Å². The third-order valence-corrected chi connectivity index (χ3v) is 4.00. The first-order chi connectivity index (χ1) is 10.7. The van der Waals surface area contributed by atoms with Crippen LogP contribution < -0.4 is 0 Å². The van der Waals surface area contributed by atoms with Crippen LogP contribution in [0.2, 0.25) is 0 Å². The van der Waals surface area contributed by atoms with Gasteiger partial charge in [-0.15, -0.1) is 11.3 Å². The number of fused-ring (bicyclic) bond motifs is 1. The zero-order valence-corrected chi connectivity index (χ0v) is 12.3. The molecule has 0 radical (unpaired) electrons. The third kappa shape index (κ3) is 3.38. The molecular weight excluding hydrogens is 301 g/mol. The Kier molecular flexibility index (Phi) is 4.25. The molecule has 0 aliphatic heterocycles. The van der Waals surface area contributed by atoms with Crippen LogP contribution in [0.5, 0.6) is 0 Å². The minimum Gasteiger partial charge on any atom is -0.458 e. The van der Waals surface area contributed by atoms with Crippen LogP contribution in [0, 0.1) is 5.82 Å². The zero-order valence-electron chi connectivity index (χ0n) is 11.5. The number of ether oxygens (including phenoxy) is 1. The van der Waals surface area contributed by atoms with Gasteiger partial charge in [0.1, 0.15) is 17.4 Å². The fourth-order valence-electron chi connectivity index (χ4n) is 1.91. The number of hydrogen-bond donors (Lipinski definition) is 0. The molecule has 0 atom stereocenters. The molecule has 3 nitrogen and oxygen atoms in total. The number of hydrogen-bond acceptors (Lipinski definition) is 4. The first-order valence-electron chi connectivity index (χ1n) is 6.66. The Hall–Kier alpha value is -2.53. The summed E-state index contributed by atoms with van der Waals surface area (Å²) >= 11 is 1.49. The highest BCUT2D eigenvalue weighted by molar-refractivity contribution is 7.19. The first-order valence-corrected chi connectivity index (χ1v) is 7.48. The Morgan fingerprint density at radius 1 is 1.18 bits per heavy atom. The third-order valence-electron chi connectivity index (χ3n) is 3.00. The molecule has 0 unspecified atom stereocenters. The van der Waals surface area contributed by atoms with Crippen molar-refractivity contribution in [1.82, 2.24) is 4.98 Å². The molecule has 5 heteroatoms. The summed E-state index contributed by atoms with van der Waals surface area (Å²) in [6, 6.07) is 14.0. The molecule has 0 saturated heterocycles. The lowest BCUT2D eigenvalue weighted by Crippen LogP contribution is -2.02. The smallest absolute Gasteiger partial charge is 0.331 e. The van der Waals surface area contributed by atoms with Gasteiger partial charge < -0.3 is 4.74 Å².